The van der Waals surface area contributed by atoms with Crippen molar-refractivity contribution in [2.45, 2.75) is 25.9 Å². The van der Waals surface area contributed by atoms with E-state index in [0.29, 0.717) is 11.5 Å². The lowest BCUT2D eigenvalue weighted by molar-refractivity contribution is -0.145. The Morgan fingerprint density at radius 3 is 2.91 bits per heavy atom. The van der Waals surface area contributed by atoms with E-state index in [9.17, 15) is 14.7 Å². The number of carbonyl (C=O) groups is 2. The second kappa shape index (κ2) is 7.61. The number of hydrogen-bond donors (Lipinski definition) is 1. The van der Waals surface area contributed by atoms with E-state index in [1.807, 2.05) is 6.07 Å². The molecule has 0 aliphatic carbocycles. The largest absolute Gasteiger partial charge is 0.466 e. The zero-order valence-electron chi connectivity index (χ0n) is 12.3. The Labute approximate surface area is 128 Å². The molecule has 1 unspecified atom stereocenters. The zero-order chi connectivity index (χ0) is 15.9. The number of aliphatic hydroxyl groups is 1. The minimum atomic E-state index is -0.952. The van der Waals surface area contributed by atoms with Gasteiger partial charge in [0.05, 0.1) is 12.7 Å². The molecule has 2 rings (SSSR count). The van der Waals surface area contributed by atoms with Gasteiger partial charge in [0.25, 0.3) is 0 Å². The monoisotopic (exact) mass is 306 g/mol. The van der Waals surface area contributed by atoms with Crippen molar-refractivity contribution in [3.05, 3.63) is 29.8 Å². The van der Waals surface area contributed by atoms with Crippen molar-refractivity contribution in [3.63, 3.8) is 0 Å². The van der Waals surface area contributed by atoms with Crippen LogP contribution in [-0.4, -0.2) is 36.4 Å². The van der Waals surface area contributed by atoms with Gasteiger partial charge in [-0.1, -0.05) is 18.2 Å². The lowest BCUT2D eigenvalue weighted by Gasteiger charge is -2.05. The summed E-state index contributed by atoms with van der Waals surface area (Å²) in [4.78, 5) is 22.7. The average molecular weight is 306 g/mol. The van der Waals surface area contributed by atoms with Gasteiger partial charge in [-0.25, -0.2) is 0 Å². The summed E-state index contributed by atoms with van der Waals surface area (Å²) < 4.78 is 15.1. The Bertz CT molecular complexity index is 578. The molecule has 118 valence electrons. The minimum Gasteiger partial charge on any atom is -0.466 e. The van der Waals surface area contributed by atoms with Gasteiger partial charge in [0.15, 0.2) is 11.5 Å². The van der Waals surface area contributed by atoms with Crippen LogP contribution in [0.5, 0.6) is 11.5 Å². The summed E-state index contributed by atoms with van der Waals surface area (Å²) in [6, 6.07) is 5.38. The third-order valence-corrected chi connectivity index (χ3v) is 2.99. The molecule has 1 aromatic carbocycles. The van der Waals surface area contributed by atoms with E-state index in [-0.39, 0.29) is 32.0 Å². The van der Waals surface area contributed by atoms with Crippen LogP contribution in [0.1, 0.15) is 25.3 Å². The molecule has 1 N–H and O–H groups in total. The standard InChI is InChI=1S/C16H18O6/c1-2-20-16(19)9-13(18)8-12(17)5-3-11-4-6-14-15(7-11)22-10-21-14/h3-7,12,17H,2,8-10H2,1H3/b5-3+. The van der Waals surface area contributed by atoms with Crippen LogP contribution in [0.15, 0.2) is 24.3 Å². The summed E-state index contributed by atoms with van der Waals surface area (Å²) in [5.41, 5.74) is 0.821. The molecule has 6 nitrogen and oxygen atoms in total. The van der Waals surface area contributed by atoms with E-state index in [1.54, 1.807) is 25.1 Å². The predicted octanol–water partition coefficient (Wildman–Crippen LogP) is 1.70. The van der Waals surface area contributed by atoms with E-state index in [4.69, 9.17) is 9.47 Å². The van der Waals surface area contributed by atoms with Gasteiger partial charge in [-0.3, -0.25) is 9.59 Å². The van der Waals surface area contributed by atoms with Crippen LogP contribution < -0.4 is 9.47 Å². The maximum atomic E-state index is 11.6. The maximum absolute atomic E-state index is 11.6. The molecule has 1 aliphatic heterocycles. The number of aliphatic hydroxyl groups excluding tert-OH is 1. The number of fused-ring (bicyclic) bond motifs is 1. The van der Waals surface area contributed by atoms with Crippen LogP contribution in [0.3, 0.4) is 0 Å². The Kier molecular flexibility index (Phi) is 5.55. The summed E-state index contributed by atoms with van der Waals surface area (Å²) in [5, 5.41) is 9.80. The van der Waals surface area contributed by atoms with Crippen molar-refractivity contribution in [2.24, 2.45) is 0 Å². The Morgan fingerprint density at radius 2 is 2.14 bits per heavy atom. The van der Waals surface area contributed by atoms with Gasteiger partial charge in [-0.05, 0) is 24.6 Å². The lowest BCUT2D eigenvalue weighted by Crippen LogP contribution is -2.16. The average Bonchev–Trinajstić information content (AvgIpc) is 2.92. The molecule has 0 fully saturated rings. The van der Waals surface area contributed by atoms with Crippen molar-refractivity contribution in [1.29, 1.82) is 0 Å². The fourth-order valence-electron chi connectivity index (χ4n) is 1.99. The number of ether oxygens (including phenoxy) is 3. The molecule has 0 radical (unpaired) electrons. The highest BCUT2D eigenvalue weighted by Crippen LogP contribution is 2.32. The van der Waals surface area contributed by atoms with Crippen LogP contribution in [0.25, 0.3) is 6.08 Å². The molecule has 0 bridgehead atoms. The molecule has 1 aliphatic rings. The van der Waals surface area contributed by atoms with E-state index in [1.165, 1.54) is 6.08 Å². The van der Waals surface area contributed by atoms with Gasteiger partial charge in [0.2, 0.25) is 6.79 Å². The van der Waals surface area contributed by atoms with Crippen LogP contribution >= 0.6 is 0 Å². The van der Waals surface area contributed by atoms with Gasteiger partial charge in [0.1, 0.15) is 12.2 Å². The minimum absolute atomic E-state index is 0.125. The third kappa shape index (κ3) is 4.60. The molecule has 0 saturated carbocycles. The van der Waals surface area contributed by atoms with Crippen molar-refractivity contribution < 1.29 is 28.9 Å². The highest BCUT2D eigenvalue weighted by Gasteiger charge is 2.14. The highest BCUT2D eigenvalue weighted by molar-refractivity contribution is 5.95. The summed E-state index contributed by atoms with van der Waals surface area (Å²) in [7, 11) is 0. The number of rotatable bonds is 7. The van der Waals surface area contributed by atoms with Crippen LogP contribution in [0.2, 0.25) is 0 Å². The number of carbonyl (C=O) groups excluding carboxylic acids is 2. The van der Waals surface area contributed by atoms with Crippen molar-refractivity contribution in [2.75, 3.05) is 13.4 Å². The number of esters is 1. The van der Waals surface area contributed by atoms with Gasteiger partial charge in [-0.2, -0.15) is 0 Å². The first-order valence-electron chi connectivity index (χ1n) is 7.01. The predicted molar refractivity (Wildman–Crippen MR) is 78.5 cm³/mol. The van der Waals surface area contributed by atoms with E-state index < -0.39 is 12.1 Å². The molecule has 22 heavy (non-hydrogen) atoms. The number of benzene rings is 1. The third-order valence-electron chi connectivity index (χ3n) is 2.99. The molecule has 1 heterocycles. The fourth-order valence-corrected chi connectivity index (χ4v) is 1.99. The van der Waals surface area contributed by atoms with Gasteiger partial charge in [0, 0.05) is 6.42 Å². The quantitative estimate of drug-likeness (QED) is 0.610. The number of ketones is 1. The fraction of sp³-hybridized carbons (Fsp3) is 0.375. The smallest absolute Gasteiger partial charge is 0.313 e. The van der Waals surface area contributed by atoms with E-state index >= 15 is 0 Å². The first-order chi connectivity index (χ1) is 10.6. The Hall–Kier alpha value is -2.34. The Morgan fingerprint density at radius 1 is 1.36 bits per heavy atom. The first kappa shape index (κ1) is 16.0. The van der Waals surface area contributed by atoms with Crippen LogP contribution in [-0.2, 0) is 14.3 Å². The normalized spacial score (nSPS) is 14.1. The van der Waals surface area contributed by atoms with Gasteiger partial charge in [-0.15, -0.1) is 0 Å². The van der Waals surface area contributed by atoms with Gasteiger partial charge >= 0.3 is 5.97 Å². The molecule has 6 heteroatoms. The molecular weight excluding hydrogens is 288 g/mol. The van der Waals surface area contributed by atoms with E-state index in [0.717, 1.165) is 5.56 Å². The SMILES string of the molecule is CCOC(=O)CC(=O)CC(O)/C=C/c1ccc2c(c1)OCO2. The molecule has 1 atom stereocenters. The molecule has 0 amide bonds. The second-order valence-electron chi connectivity index (χ2n) is 4.76. The lowest BCUT2D eigenvalue weighted by atomic mass is 10.1. The van der Waals surface area contributed by atoms with Gasteiger partial charge < -0.3 is 19.3 Å². The molecule has 0 spiro atoms. The summed E-state index contributed by atoms with van der Waals surface area (Å²) in [6.45, 7) is 2.11. The van der Waals surface area contributed by atoms with E-state index in [2.05, 4.69) is 4.74 Å². The van der Waals surface area contributed by atoms with Crippen molar-refractivity contribution in [3.8, 4) is 11.5 Å². The Balaban J connectivity index is 1.84. The molecular formula is C16H18O6. The van der Waals surface area contributed by atoms with Crippen LogP contribution in [0, 0.1) is 0 Å². The number of hydrogen-bond acceptors (Lipinski definition) is 6. The number of Topliss-reactive ketones (excluding diaryl/α,β-unsaturated/α-hetero) is 1. The second-order valence-corrected chi connectivity index (χ2v) is 4.76. The van der Waals surface area contributed by atoms with Crippen molar-refractivity contribution >= 4 is 17.8 Å². The summed E-state index contributed by atoms with van der Waals surface area (Å²) in [6.07, 6.45) is 1.79. The summed E-state index contributed by atoms with van der Waals surface area (Å²) >= 11 is 0. The topological polar surface area (TPSA) is 82.1 Å². The first-order valence-corrected chi connectivity index (χ1v) is 7.01. The highest BCUT2D eigenvalue weighted by atomic mass is 16.7. The zero-order valence-corrected chi connectivity index (χ0v) is 12.3. The van der Waals surface area contributed by atoms with Crippen LogP contribution in [0.4, 0.5) is 0 Å². The molecule has 0 saturated heterocycles. The molecule has 1 aromatic rings. The molecule has 0 aromatic heterocycles. The van der Waals surface area contributed by atoms with Crippen molar-refractivity contribution in [1.82, 2.24) is 0 Å². The summed E-state index contributed by atoms with van der Waals surface area (Å²) in [5.74, 6) is 0.401. The maximum Gasteiger partial charge on any atom is 0.313 e.